The van der Waals surface area contributed by atoms with Crippen LogP contribution in [0, 0.1) is 11.7 Å². The van der Waals surface area contributed by atoms with Gasteiger partial charge in [0.05, 0.1) is 5.54 Å². The van der Waals surface area contributed by atoms with Crippen LogP contribution in [-0.2, 0) is 4.79 Å². The SMILES string of the molecule is CCC1(C)NC(c2cccc(F)c2)N(CCC2CC2)C1=O. The molecule has 0 radical (unpaired) electrons. The van der Waals surface area contributed by atoms with Gasteiger partial charge in [-0.3, -0.25) is 10.1 Å². The summed E-state index contributed by atoms with van der Waals surface area (Å²) < 4.78 is 13.5. The van der Waals surface area contributed by atoms with Crippen molar-refractivity contribution in [1.82, 2.24) is 10.2 Å². The monoisotopic (exact) mass is 290 g/mol. The van der Waals surface area contributed by atoms with E-state index in [0.29, 0.717) is 0 Å². The maximum atomic E-state index is 13.5. The van der Waals surface area contributed by atoms with Gasteiger partial charge < -0.3 is 4.90 Å². The van der Waals surface area contributed by atoms with Crippen LogP contribution in [0.1, 0.15) is 51.3 Å². The van der Waals surface area contributed by atoms with Crippen molar-refractivity contribution in [2.24, 2.45) is 5.92 Å². The molecule has 1 heterocycles. The molecule has 1 aliphatic carbocycles. The van der Waals surface area contributed by atoms with Gasteiger partial charge in [-0.25, -0.2) is 4.39 Å². The van der Waals surface area contributed by atoms with Crippen LogP contribution in [0.25, 0.3) is 0 Å². The predicted octanol–water partition coefficient (Wildman–Crippen LogP) is 3.22. The van der Waals surface area contributed by atoms with Crippen molar-refractivity contribution in [3.8, 4) is 0 Å². The first-order valence-corrected chi connectivity index (χ1v) is 7.88. The molecule has 2 fully saturated rings. The largest absolute Gasteiger partial charge is 0.321 e. The zero-order valence-corrected chi connectivity index (χ0v) is 12.7. The second-order valence-corrected chi connectivity index (χ2v) is 6.52. The van der Waals surface area contributed by atoms with E-state index in [9.17, 15) is 9.18 Å². The number of rotatable bonds is 5. The lowest BCUT2D eigenvalue weighted by Gasteiger charge is -2.24. The summed E-state index contributed by atoms with van der Waals surface area (Å²) in [5.41, 5.74) is 0.289. The summed E-state index contributed by atoms with van der Waals surface area (Å²) in [7, 11) is 0. The van der Waals surface area contributed by atoms with Crippen LogP contribution in [0.5, 0.6) is 0 Å². The highest BCUT2D eigenvalue weighted by molar-refractivity contribution is 5.88. The van der Waals surface area contributed by atoms with Gasteiger partial charge in [-0.1, -0.05) is 31.9 Å². The van der Waals surface area contributed by atoms with E-state index < -0.39 is 5.54 Å². The first-order chi connectivity index (χ1) is 10.0. The second-order valence-electron chi connectivity index (χ2n) is 6.52. The summed E-state index contributed by atoms with van der Waals surface area (Å²) in [4.78, 5) is 14.6. The molecule has 1 aromatic carbocycles. The van der Waals surface area contributed by atoms with Crippen LogP contribution in [0.3, 0.4) is 0 Å². The Balaban J connectivity index is 1.85. The first kappa shape index (κ1) is 14.5. The number of carbonyl (C=O) groups excluding carboxylic acids is 1. The molecule has 0 aromatic heterocycles. The van der Waals surface area contributed by atoms with E-state index in [-0.39, 0.29) is 17.9 Å². The third kappa shape index (κ3) is 2.82. The van der Waals surface area contributed by atoms with E-state index in [1.165, 1.54) is 25.0 Å². The fraction of sp³-hybridized carbons (Fsp3) is 0.588. The lowest BCUT2D eigenvalue weighted by Crippen LogP contribution is -2.43. The third-order valence-electron chi connectivity index (χ3n) is 4.85. The van der Waals surface area contributed by atoms with Crippen molar-refractivity contribution in [2.45, 2.75) is 51.2 Å². The molecule has 21 heavy (non-hydrogen) atoms. The number of halogens is 1. The number of hydrogen-bond acceptors (Lipinski definition) is 2. The third-order valence-corrected chi connectivity index (χ3v) is 4.85. The topological polar surface area (TPSA) is 32.3 Å². The Morgan fingerprint density at radius 2 is 2.19 bits per heavy atom. The summed E-state index contributed by atoms with van der Waals surface area (Å²) >= 11 is 0. The van der Waals surface area contributed by atoms with Crippen LogP contribution >= 0.6 is 0 Å². The van der Waals surface area contributed by atoms with Crippen molar-refractivity contribution >= 4 is 5.91 Å². The van der Waals surface area contributed by atoms with Gasteiger partial charge in [-0.15, -0.1) is 0 Å². The standard InChI is InChI=1S/C17H23FN2O/c1-3-17(2)16(21)20(10-9-12-7-8-12)15(19-17)13-5-4-6-14(18)11-13/h4-6,11-12,15,19H,3,7-10H2,1-2H3. The Labute approximate surface area is 125 Å². The molecule has 4 heteroatoms. The predicted molar refractivity (Wildman–Crippen MR) is 80.0 cm³/mol. The minimum absolute atomic E-state index is 0.139. The Morgan fingerprint density at radius 1 is 1.43 bits per heavy atom. The van der Waals surface area contributed by atoms with E-state index in [1.54, 1.807) is 6.07 Å². The van der Waals surface area contributed by atoms with Crippen LogP contribution in [0.15, 0.2) is 24.3 Å². The average molecular weight is 290 g/mol. The highest BCUT2D eigenvalue weighted by atomic mass is 19.1. The molecule has 2 atom stereocenters. The molecule has 1 aliphatic heterocycles. The molecule has 0 spiro atoms. The van der Waals surface area contributed by atoms with Gasteiger partial charge in [0.1, 0.15) is 12.0 Å². The molecule has 1 saturated heterocycles. The molecule has 1 saturated carbocycles. The number of nitrogens with zero attached hydrogens (tertiary/aromatic N) is 1. The van der Waals surface area contributed by atoms with Gasteiger partial charge in [0.2, 0.25) is 5.91 Å². The molecule has 3 nitrogen and oxygen atoms in total. The van der Waals surface area contributed by atoms with Gasteiger partial charge in [0.15, 0.2) is 0 Å². The lowest BCUT2D eigenvalue weighted by atomic mass is 9.99. The van der Waals surface area contributed by atoms with Gasteiger partial charge >= 0.3 is 0 Å². The van der Waals surface area contributed by atoms with Gasteiger partial charge in [-0.05, 0) is 43.4 Å². The van der Waals surface area contributed by atoms with E-state index in [1.807, 2.05) is 24.8 Å². The average Bonchev–Trinajstić information content (AvgIpc) is 3.26. The minimum Gasteiger partial charge on any atom is -0.321 e. The zero-order valence-electron chi connectivity index (χ0n) is 12.7. The molecule has 2 aliphatic rings. The number of nitrogens with one attached hydrogen (secondary N) is 1. The van der Waals surface area contributed by atoms with E-state index >= 15 is 0 Å². The number of carbonyl (C=O) groups is 1. The van der Waals surface area contributed by atoms with Crippen LogP contribution in [0.4, 0.5) is 4.39 Å². The quantitative estimate of drug-likeness (QED) is 0.903. The van der Waals surface area contributed by atoms with Crippen molar-refractivity contribution in [1.29, 1.82) is 0 Å². The molecular formula is C17H23FN2O. The van der Waals surface area contributed by atoms with E-state index in [4.69, 9.17) is 0 Å². The molecule has 3 rings (SSSR count). The molecule has 1 N–H and O–H groups in total. The smallest absolute Gasteiger partial charge is 0.244 e. The summed E-state index contributed by atoms with van der Waals surface area (Å²) in [5, 5.41) is 3.41. The fourth-order valence-corrected chi connectivity index (χ4v) is 3.03. The Hall–Kier alpha value is -1.42. The highest BCUT2D eigenvalue weighted by Crippen LogP contribution is 2.37. The summed E-state index contributed by atoms with van der Waals surface area (Å²) in [5.74, 6) is 0.661. The molecule has 0 bridgehead atoms. The fourth-order valence-electron chi connectivity index (χ4n) is 3.03. The Morgan fingerprint density at radius 3 is 2.81 bits per heavy atom. The van der Waals surface area contributed by atoms with Crippen LogP contribution in [-0.4, -0.2) is 22.9 Å². The van der Waals surface area contributed by atoms with E-state index in [2.05, 4.69) is 5.32 Å². The van der Waals surface area contributed by atoms with Crippen molar-refractivity contribution in [3.63, 3.8) is 0 Å². The van der Waals surface area contributed by atoms with Crippen LogP contribution in [0.2, 0.25) is 0 Å². The minimum atomic E-state index is -0.541. The van der Waals surface area contributed by atoms with Gasteiger partial charge in [-0.2, -0.15) is 0 Å². The van der Waals surface area contributed by atoms with Gasteiger partial charge in [0, 0.05) is 6.54 Å². The van der Waals surface area contributed by atoms with Crippen molar-refractivity contribution in [2.75, 3.05) is 6.54 Å². The molecular weight excluding hydrogens is 267 g/mol. The molecule has 1 amide bonds. The molecule has 1 aromatic rings. The van der Waals surface area contributed by atoms with Gasteiger partial charge in [0.25, 0.3) is 0 Å². The Bertz CT molecular complexity index is 543. The van der Waals surface area contributed by atoms with Crippen LogP contribution < -0.4 is 5.32 Å². The molecule has 2 unspecified atom stereocenters. The number of amides is 1. The normalized spacial score (nSPS) is 29.2. The first-order valence-electron chi connectivity index (χ1n) is 7.88. The molecule has 114 valence electrons. The number of benzene rings is 1. The number of hydrogen-bond donors (Lipinski definition) is 1. The second kappa shape index (κ2) is 5.41. The van der Waals surface area contributed by atoms with Crippen molar-refractivity contribution < 1.29 is 9.18 Å². The Kier molecular flexibility index (Phi) is 3.74. The summed E-state index contributed by atoms with van der Waals surface area (Å²) in [6, 6.07) is 6.56. The maximum Gasteiger partial charge on any atom is 0.244 e. The maximum absolute atomic E-state index is 13.5. The van der Waals surface area contributed by atoms with Crippen molar-refractivity contribution in [3.05, 3.63) is 35.6 Å². The highest BCUT2D eigenvalue weighted by Gasteiger charge is 2.47. The summed E-state index contributed by atoms with van der Waals surface area (Å²) in [6.07, 6.45) is 4.14. The zero-order chi connectivity index (χ0) is 15.0. The van der Waals surface area contributed by atoms with E-state index in [0.717, 1.165) is 30.9 Å². The lowest BCUT2D eigenvalue weighted by molar-refractivity contribution is -0.133. The summed E-state index contributed by atoms with van der Waals surface area (Å²) in [6.45, 7) is 4.71.